The Labute approximate surface area is 139 Å². The van der Waals surface area contributed by atoms with Gasteiger partial charge in [-0.3, -0.25) is 0 Å². The number of rotatable bonds is 7. The van der Waals surface area contributed by atoms with E-state index in [1.54, 1.807) is 0 Å². The molecule has 6 nitrogen and oxygen atoms in total. The van der Waals surface area contributed by atoms with Crippen LogP contribution in [0, 0.1) is 0 Å². The number of carbonyl (C=O) groups is 1. The van der Waals surface area contributed by atoms with E-state index in [9.17, 15) is 13.2 Å². The van der Waals surface area contributed by atoms with E-state index in [-0.39, 0.29) is 17.5 Å². The third-order valence-corrected chi connectivity index (χ3v) is 5.38. The largest absolute Gasteiger partial charge is 0.465 e. The molecule has 1 atom stereocenters. The van der Waals surface area contributed by atoms with Crippen molar-refractivity contribution in [1.82, 2.24) is 4.72 Å². The van der Waals surface area contributed by atoms with Crippen LogP contribution >= 0.6 is 11.3 Å². The predicted molar refractivity (Wildman–Crippen MR) is 87.0 cm³/mol. The number of nitrogens with one attached hydrogen (secondary N) is 1. The lowest BCUT2D eigenvalue weighted by molar-refractivity contribution is 0.0600. The Hall–Kier alpha value is -1.74. The molecule has 0 saturated carbocycles. The minimum Gasteiger partial charge on any atom is -0.465 e. The standard InChI is InChI=1S/C15H17NO5S2/c1-20-14(12-7-8-22-10-12)9-16-23(18,19)13-5-3-11(4-6-13)15(17)21-2/h3-8,10,14,16H,9H2,1-2H3/t14-/m0/s1. The second-order valence-electron chi connectivity index (χ2n) is 4.65. The molecule has 2 rings (SSSR count). The van der Waals surface area contributed by atoms with Crippen LogP contribution in [0.2, 0.25) is 0 Å². The first-order valence-electron chi connectivity index (χ1n) is 6.71. The van der Waals surface area contributed by atoms with Crippen LogP contribution in [0.5, 0.6) is 0 Å². The van der Waals surface area contributed by atoms with E-state index in [1.807, 2.05) is 16.8 Å². The van der Waals surface area contributed by atoms with Gasteiger partial charge in [0, 0.05) is 13.7 Å². The Morgan fingerprint density at radius 2 is 1.91 bits per heavy atom. The SMILES string of the molecule is COC(=O)c1ccc(S(=O)(=O)NC[C@H](OC)c2ccsc2)cc1. The summed E-state index contributed by atoms with van der Waals surface area (Å²) in [5.74, 6) is -0.515. The molecule has 23 heavy (non-hydrogen) atoms. The predicted octanol–water partition coefficient (Wildman–Crippen LogP) is 2.20. The minimum absolute atomic E-state index is 0.0744. The average Bonchev–Trinajstić information content (AvgIpc) is 3.09. The maximum atomic E-state index is 12.3. The molecule has 1 heterocycles. The third-order valence-electron chi connectivity index (χ3n) is 3.24. The first-order valence-corrected chi connectivity index (χ1v) is 9.13. The number of hydrogen-bond acceptors (Lipinski definition) is 6. The van der Waals surface area contributed by atoms with E-state index in [1.165, 1.54) is 49.8 Å². The van der Waals surface area contributed by atoms with Crippen LogP contribution in [0.1, 0.15) is 22.0 Å². The molecule has 0 aliphatic rings. The van der Waals surface area contributed by atoms with Gasteiger partial charge in [0.25, 0.3) is 0 Å². The average molecular weight is 355 g/mol. The fourth-order valence-corrected chi connectivity index (χ4v) is 3.69. The van der Waals surface area contributed by atoms with E-state index < -0.39 is 16.0 Å². The van der Waals surface area contributed by atoms with Gasteiger partial charge >= 0.3 is 5.97 Å². The Kier molecular flexibility index (Phi) is 5.89. The lowest BCUT2D eigenvalue weighted by Crippen LogP contribution is -2.29. The van der Waals surface area contributed by atoms with Crippen molar-refractivity contribution in [3.63, 3.8) is 0 Å². The van der Waals surface area contributed by atoms with Gasteiger partial charge in [0.15, 0.2) is 0 Å². The molecule has 0 fully saturated rings. The van der Waals surface area contributed by atoms with Crippen molar-refractivity contribution < 1.29 is 22.7 Å². The Morgan fingerprint density at radius 3 is 2.43 bits per heavy atom. The smallest absolute Gasteiger partial charge is 0.337 e. The second kappa shape index (κ2) is 7.69. The number of esters is 1. The summed E-state index contributed by atoms with van der Waals surface area (Å²) in [7, 11) is -0.887. The first-order chi connectivity index (χ1) is 11.0. The molecule has 8 heteroatoms. The van der Waals surface area contributed by atoms with Gasteiger partial charge in [-0.05, 0) is 46.7 Å². The summed E-state index contributed by atoms with van der Waals surface area (Å²) in [4.78, 5) is 11.4. The summed E-state index contributed by atoms with van der Waals surface area (Å²) in [6, 6.07) is 7.43. The molecule has 0 aliphatic carbocycles. The summed E-state index contributed by atoms with van der Waals surface area (Å²) in [5.41, 5.74) is 1.21. The van der Waals surface area contributed by atoms with Gasteiger partial charge in [0.05, 0.1) is 23.7 Å². The highest BCUT2D eigenvalue weighted by molar-refractivity contribution is 7.89. The van der Waals surface area contributed by atoms with Crippen LogP contribution in [0.15, 0.2) is 46.0 Å². The van der Waals surface area contributed by atoms with Crippen LogP contribution in [0.4, 0.5) is 0 Å². The van der Waals surface area contributed by atoms with Crippen molar-refractivity contribution in [2.24, 2.45) is 0 Å². The Morgan fingerprint density at radius 1 is 1.22 bits per heavy atom. The monoisotopic (exact) mass is 355 g/mol. The van der Waals surface area contributed by atoms with Crippen LogP contribution in [0.25, 0.3) is 0 Å². The zero-order valence-electron chi connectivity index (χ0n) is 12.7. The summed E-state index contributed by atoms with van der Waals surface area (Å²) >= 11 is 1.52. The zero-order chi connectivity index (χ0) is 16.9. The number of benzene rings is 1. The summed E-state index contributed by atoms with van der Waals surface area (Å²) < 4.78 is 37.0. The van der Waals surface area contributed by atoms with Crippen molar-refractivity contribution in [3.05, 3.63) is 52.2 Å². The Bertz CT molecular complexity index is 739. The molecule has 1 aromatic carbocycles. The number of thiophene rings is 1. The summed E-state index contributed by atoms with van der Waals surface area (Å²) in [5, 5.41) is 3.81. The second-order valence-corrected chi connectivity index (χ2v) is 7.20. The number of ether oxygens (including phenoxy) is 2. The Balaban J connectivity index is 2.08. The first kappa shape index (κ1) is 17.6. The van der Waals surface area contributed by atoms with Crippen molar-refractivity contribution >= 4 is 27.3 Å². The molecule has 0 unspecified atom stereocenters. The number of carbonyl (C=O) groups excluding carboxylic acids is 1. The van der Waals surface area contributed by atoms with E-state index in [0.717, 1.165) is 5.56 Å². The quantitative estimate of drug-likeness (QED) is 0.770. The molecule has 0 spiro atoms. The van der Waals surface area contributed by atoms with Crippen LogP contribution < -0.4 is 4.72 Å². The van der Waals surface area contributed by atoms with Gasteiger partial charge in [-0.1, -0.05) is 0 Å². The van der Waals surface area contributed by atoms with Gasteiger partial charge in [-0.2, -0.15) is 11.3 Å². The molecule has 0 amide bonds. The molecule has 1 N–H and O–H groups in total. The van der Waals surface area contributed by atoms with E-state index >= 15 is 0 Å². The number of sulfonamides is 1. The zero-order valence-corrected chi connectivity index (χ0v) is 14.3. The molecular formula is C15H17NO5S2. The lowest BCUT2D eigenvalue weighted by Gasteiger charge is -2.15. The third kappa shape index (κ3) is 4.38. The molecular weight excluding hydrogens is 338 g/mol. The minimum atomic E-state index is -3.68. The molecule has 0 bridgehead atoms. The van der Waals surface area contributed by atoms with Gasteiger partial charge in [0.1, 0.15) is 0 Å². The van der Waals surface area contributed by atoms with Gasteiger partial charge < -0.3 is 9.47 Å². The van der Waals surface area contributed by atoms with E-state index in [2.05, 4.69) is 9.46 Å². The van der Waals surface area contributed by atoms with Gasteiger partial charge in [-0.15, -0.1) is 0 Å². The van der Waals surface area contributed by atoms with Crippen molar-refractivity contribution in [3.8, 4) is 0 Å². The van der Waals surface area contributed by atoms with E-state index in [0.29, 0.717) is 5.56 Å². The summed E-state index contributed by atoms with van der Waals surface area (Å²) in [6.07, 6.45) is -0.356. The molecule has 1 aromatic heterocycles. The van der Waals surface area contributed by atoms with Gasteiger partial charge in [0.2, 0.25) is 10.0 Å². The highest BCUT2D eigenvalue weighted by atomic mass is 32.2. The van der Waals surface area contributed by atoms with Crippen LogP contribution in [0.3, 0.4) is 0 Å². The lowest BCUT2D eigenvalue weighted by atomic mass is 10.2. The topological polar surface area (TPSA) is 81.7 Å². The molecule has 2 aromatic rings. The van der Waals surface area contributed by atoms with Crippen LogP contribution in [-0.2, 0) is 19.5 Å². The molecule has 0 saturated heterocycles. The molecule has 0 aliphatic heterocycles. The van der Waals surface area contributed by atoms with Crippen molar-refractivity contribution in [2.75, 3.05) is 20.8 Å². The van der Waals surface area contributed by atoms with Gasteiger partial charge in [-0.25, -0.2) is 17.9 Å². The van der Waals surface area contributed by atoms with Crippen LogP contribution in [-0.4, -0.2) is 35.2 Å². The fourth-order valence-electron chi connectivity index (χ4n) is 1.95. The normalized spacial score (nSPS) is 12.8. The van der Waals surface area contributed by atoms with Crippen molar-refractivity contribution in [1.29, 1.82) is 0 Å². The molecule has 0 radical (unpaired) electrons. The molecule has 124 valence electrons. The highest BCUT2D eigenvalue weighted by Gasteiger charge is 2.18. The highest BCUT2D eigenvalue weighted by Crippen LogP contribution is 2.19. The maximum absolute atomic E-state index is 12.3. The van der Waals surface area contributed by atoms with Crippen molar-refractivity contribution in [2.45, 2.75) is 11.0 Å². The number of methoxy groups -OCH3 is 2. The fraction of sp³-hybridized carbons (Fsp3) is 0.267. The maximum Gasteiger partial charge on any atom is 0.337 e. The van der Waals surface area contributed by atoms with E-state index in [4.69, 9.17) is 4.74 Å². The summed E-state index contributed by atoms with van der Waals surface area (Å²) in [6.45, 7) is 0.119. The number of hydrogen-bond donors (Lipinski definition) is 1.